The van der Waals surface area contributed by atoms with Crippen LogP contribution in [0.25, 0.3) is 0 Å². The van der Waals surface area contributed by atoms with Gasteiger partial charge in [-0.2, -0.15) is 13.2 Å². The topological polar surface area (TPSA) is 50.3 Å². The molecule has 136 valence electrons. The van der Waals surface area contributed by atoms with Gasteiger partial charge in [-0.05, 0) is 24.0 Å². The maximum Gasteiger partial charge on any atom is 0.417 e. The molecule has 25 heavy (non-hydrogen) atoms. The Labute approximate surface area is 144 Å². The van der Waals surface area contributed by atoms with Crippen LogP contribution in [0.2, 0.25) is 0 Å². The van der Waals surface area contributed by atoms with Gasteiger partial charge in [0, 0.05) is 44.2 Å². The van der Waals surface area contributed by atoms with Crippen LogP contribution in [-0.4, -0.2) is 28.1 Å². The molecule has 3 rings (SSSR count). The number of hydrogen-bond acceptors (Lipinski definition) is 3. The summed E-state index contributed by atoms with van der Waals surface area (Å²) in [5, 5.41) is 0. The average molecular weight is 354 g/mol. The number of alkyl halides is 3. The number of rotatable bonds is 2. The number of aromatic nitrogens is 1. The molecule has 2 aliphatic rings. The van der Waals surface area contributed by atoms with E-state index in [9.17, 15) is 22.8 Å². The van der Waals surface area contributed by atoms with Crippen molar-refractivity contribution in [1.29, 1.82) is 0 Å². The monoisotopic (exact) mass is 354 g/mol. The summed E-state index contributed by atoms with van der Waals surface area (Å²) in [4.78, 5) is 30.5. The molecule has 0 bridgehead atoms. The highest BCUT2D eigenvalue weighted by Gasteiger charge is 2.49. The van der Waals surface area contributed by atoms with Gasteiger partial charge in [0.25, 0.3) is 0 Å². The molecular weight excluding hydrogens is 333 g/mol. The zero-order valence-corrected chi connectivity index (χ0v) is 14.3. The van der Waals surface area contributed by atoms with E-state index in [1.165, 1.54) is 0 Å². The van der Waals surface area contributed by atoms with E-state index in [1.54, 1.807) is 4.90 Å². The lowest BCUT2D eigenvalue weighted by Gasteiger charge is -2.38. The highest BCUT2D eigenvalue weighted by molar-refractivity contribution is 5.93. The first-order valence-electron chi connectivity index (χ1n) is 8.49. The molecule has 0 radical (unpaired) electrons. The SMILES string of the molecule is CC(C)[C@]1(C(=O)N2CCc3ncc(C(F)(F)F)cc3C2)CCC(=O)C1. The Hall–Kier alpha value is -1.92. The molecule has 0 spiro atoms. The number of pyridine rings is 1. The molecule has 2 heterocycles. The lowest BCUT2D eigenvalue weighted by molar-refractivity contribution is -0.146. The van der Waals surface area contributed by atoms with Crippen molar-refractivity contribution in [3.63, 3.8) is 0 Å². The molecule has 1 saturated carbocycles. The molecule has 1 aromatic rings. The van der Waals surface area contributed by atoms with Crippen LogP contribution in [0.5, 0.6) is 0 Å². The van der Waals surface area contributed by atoms with Gasteiger partial charge in [0.05, 0.1) is 11.0 Å². The molecule has 7 heteroatoms. The van der Waals surface area contributed by atoms with Crippen LogP contribution in [0.3, 0.4) is 0 Å². The van der Waals surface area contributed by atoms with E-state index in [4.69, 9.17) is 0 Å². The van der Waals surface area contributed by atoms with Crippen molar-refractivity contribution in [2.75, 3.05) is 6.54 Å². The molecule has 1 aromatic heterocycles. The number of hydrogen-bond donors (Lipinski definition) is 0. The Morgan fingerprint density at radius 2 is 2.04 bits per heavy atom. The van der Waals surface area contributed by atoms with Crippen molar-refractivity contribution in [2.24, 2.45) is 11.3 Å². The Morgan fingerprint density at radius 1 is 1.32 bits per heavy atom. The molecule has 0 aromatic carbocycles. The number of ketones is 1. The number of nitrogens with zero attached hydrogens (tertiary/aromatic N) is 2. The minimum Gasteiger partial charge on any atom is -0.337 e. The molecule has 0 saturated heterocycles. The second-order valence-corrected chi connectivity index (χ2v) is 7.33. The van der Waals surface area contributed by atoms with E-state index < -0.39 is 17.2 Å². The number of halogens is 3. The first-order chi connectivity index (χ1) is 11.6. The number of carbonyl (C=O) groups excluding carboxylic acids is 2. The molecule has 0 unspecified atom stereocenters. The van der Waals surface area contributed by atoms with Crippen LogP contribution in [0.15, 0.2) is 12.3 Å². The third kappa shape index (κ3) is 3.16. The summed E-state index contributed by atoms with van der Waals surface area (Å²) >= 11 is 0. The Morgan fingerprint density at radius 3 is 2.60 bits per heavy atom. The molecule has 1 atom stereocenters. The average Bonchev–Trinajstić information content (AvgIpc) is 2.95. The van der Waals surface area contributed by atoms with Crippen LogP contribution >= 0.6 is 0 Å². The summed E-state index contributed by atoms with van der Waals surface area (Å²) in [6, 6.07) is 1.09. The number of carbonyl (C=O) groups is 2. The zero-order valence-electron chi connectivity index (χ0n) is 14.3. The fourth-order valence-electron chi connectivity index (χ4n) is 3.88. The van der Waals surface area contributed by atoms with Gasteiger partial charge in [0.2, 0.25) is 5.91 Å². The Balaban J connectivity index is 1.86. The molecular formula is C18H21F3N2O2. The van der Waals surface area contributed by atoms with Crippen molar-refractivity contribution in [2.45, 2.75) is 52.3 Å². The molecule has 4 nitrogen and oxygen atoms in total. The standard InChI is InChI=1S/C18H21F3N2O2/c1-11(2)17(5-3-14(24)8-17)16(25)23-6-4-15-12(10-23)7-13(9-22-15)18(19,20)21/h7,9,11H,3-6,8,10H2,1-2H3/t17-/m0/s1. The summed E-state index contributed by atoms with van der Waals surface area (Å²) in [6.07, 6.45) is -2.03. The van der Waals surface area contributed by atoms with Crippen LogP contribution in [0, 0.1) is 11.3 Å². The van der Waals surface area contributed by atoms with Crippen molar-refractivity contribution in [1.82, 2.24) is 9.88 Å². The lowest BCUT2D eigenvalue weighted by atomic mass is 9.74. The van der Waals surface area contributed by atoms with E-state index in [2.05, 4.69) is 4.98 Å². The van der Waals surface area contributed by atoms with Gasteiger partial charge in [-0.3, -0.25) is 14.6 Å². The summed E-state index contributed by atoms with van der Waals surface area (Å²) in [5.74, 6) is -0.0237. The van der Waals surface area contributed by atoms with Gasteiger partial charge in [0.1, 0.15) is 5.78 Å². The predicted octanol–water partition coefficient (Wildman–Crippen LogP) is 3.38. The van der Waals surface area contributed by atoms with E-state index in [1.807, 2.05) is 13.8 Å². The van der Waals surface area contributed by atoms with Crippen LogP contribution in [0.1, 0.15) is 49.9 Å². The molecule has 1 amide bonds. The van der Waals surface area contributed by atoms with Crippen molar-refractivity contribution in [3.05, 3.63) is 29.1 Å². The fourth-order valence-corrected chi connectivity index (χ4v) is 3.88. The minimum atomic E-state index is -4.45. The number of amides is 1. The lowest BCUT2D eigenvalue weighted by Crippen LogP contribution is -2.47. The van der Waals surface area contributed by atoms with Gasteiger partial charge < -0.3 is 4.90 Å². The van der Waals surface area contributed by atoms with Gasteiger partial charge in [-0.1, -0.05) is 13.8 Å². The number of Topliss-reactive ketones (excluding diaryl/α,β-unsaturated/α-hetero) is 1. The first-order valence-corrected chi connectivity index (χ1v) is 8.49. The largest absolute Gasteiger partial charge is 0.417 e. The van der Waals surface area contributed by atoms with Crippen molar-refractivity contribution in [3.8, 4) is 0 Å². The Bertz CT molecular complexity index is 715. The van der Waals surface area contributed by atoms with E-state index in [0.717, 1.165) is 12.3 Å². The van der Waals surface area contributed by atoms with Gasteiger partial charge in [-0.15, -0.1) is 0 Å². The van der Waals surface area contributed by atoms with E-state index >= 15 is 0 Å². The summed E-state index contributed by atoms with van der Waals surface area (Å²) in [6.45, 7) is 4.40. The molecule has 1 aliphatic heterocycles. The quantitative estimate of drug-likeness (QED) is 0.818. The summed E-state index contributed by atoms with van der Waals surface area (Å²) in [5.41, 5.74) is -0.463. The molecule has 1 aliphatic carbocycles. The smallest absolute Gasteiger partial charge is 0.337 e. The normalized spacial score (nSPS) is 23.9. The van der Waals surface area contributed by atoms with Crippen LogP contribution < -0.4 is 0 Å². The fraction of sp³-hybridized carbons (Fsp3) is 0.611. The van der Waals surface area contributed by atoms with Crippen molar-refractivity contribution >= 4 is 11.7 Å². The predicted molar refractivity (Wildman–Crippen MR) is 84.5 cm³/mol. The second kappa shape index (κ2) is 6.11. The van der Waals surface area contributed by atoms with E-state index in [-0.39, 0.29) is 30.6 Å². The van der Waals surface area contributed by atoms with Crippen LogP contribution in [-0.2, 0) is 28.7 Å². The maximum absolute atomic E-state index is 13.1. The third-order valence-corrected chi connectivity index (χ3v) is 5.55. The highest BCUT2D eigenvalue weighted by Crippen LogP contribution is 2.44. The zero-order chi connectivity index (χ0) is 18.4. The summed E-state index contributed by atoms with van der Waals surface area (Å²) < 4.78 is 38.7. The van der Waals surface area contributed by atoms with E-state index in [0.29, 0.717) is 37.1 Å². The second-order valence-electron chi connectivity index (χ2n) is 7.33. The van der Waals surface area contributed by atoms with Gasteiger partial charge >= 0.3 is 6.18 Å². The van der Waals surface area contributed by atoms with Crippen molar-refractivity contribution < 1.29 is 22.8 Å². The minimum absolute atomic E-state index is 0.00693. The molecule has 1 fully saturated rings. The Kier molecular flexibility index (Phi) is 4.37. The number of fused-ring (bicyclic) bond motifs is 1. The highest BCUT2D eigenvalue weighted by atomic mass is 19.4. The summed E-state index contributed by atoms with van der Waals surface area (Å²) in [7, 11) is 0. The van der Waals surface area contributed by atoms with Gasteiger partial charge in [-0.25, -0.2) is 0 Å². The first kappa shape index (κ1) is 17.9. The van der Waals surface area contributed by atoms with Crippen LogP contribution in [0.4, 0.5) is 13.2 Å². The molecule has 0 N–H and O–H groups in total. The third-order valence-electron chi connectivity index (χ3n) is 5.55. The maximum atomic E-state index is 13.1. The van der Waals surface area contributed by atoms with Gasteiger partial charge in [0.15, 0.2) is 0 Å².